The molecule has 0 amide bonds. The summed E-state index contributed by atoms with van der Waals surface area (Å²) < 4.78 is 7.27. The van der Waals surface area contributed by atoms with Gasteiger partial charge in [0.1, 0.15) is 0 Å². The van der Waals surface area contributed by atoms with E-state index in [1.54, 1.807) is 6.20 Å². The SMILES string of the molecule is CC(C)OCCCNCCn1cc(Cl)cn1. The second-order valence-electron chi connectivity index (χ2n) is 3.94. The van der Waals surface area contributed by atoms with Gasteiger partial charge in [-0.1, -0.05) is 11.6 Å². The molecule has 16 heavy (non-hydrogen) atoms. The first-order valence-electron chi connectivity index (χ1n) is 5.69. The van der Waals surface area contributed by atoms with Gasteiger partial charge in [0, 0.05) is 19.3 Å². The van der Waals surface area contributed by atoms with Gasteiger partial charge in [-0.2, -0.15) is 5.10 Å². The van der Waals surface area contributed by atoms with Crippen molar-refractivity contribution in [1.29, 1.82) is 0 Å². The smallest absolute Gasteiger partial charge is 0.0785 e. The Morgan fingerprint density at radius 1 is 1.50 bits per heavy atom. The molecule has 0 unspecified atom stereocenters. The molecule has 0 saturated heterocycles. The molecule has 4 nitrogen and oxygen atoms in total. The van der Waals surface area contributed by atoms with Crippen molar-refractivity contribution in [2.24, 2.45) is 0 Å². The van der Waals surface area contributed by atoms with Crippen molar-refractivity contribution >= 4 is 11.6 Å². The number of nitrogens with zero attached hydrogens (tertiary/aromatic N) is 2. The van der Waals surface area contributed by atoms with Crippen LogP contribution in [0.3, 0.4) is 0 Å². The number of hydrogen-bond donors (Lipinski definition) is 1. The van der Waals surface area contributed by atoms with Crippen LogP contribution >= 0.6 is 11.6 Å². The highest BCUT2D eigenvalue weighted by atomic mass is 35.5. The van der Waals surface area contributed by atoms with E-state index in [2.05, 4.69) is 24.3 Å². The minimum absolute atomic E-state index is 0.325. The molecule has 5 heteroatoms. The summed E-state index contributed by atoms with van der Waals surface area (Å²) in [5, 5.41) is 8.11. The van der Waals surface area contributed by atoms with Crippen LogP contribution in [0.2, 0.25) is 5.02 Å². The Kier molecular flexibility index (Phi) is 6.45. The van der Waals surface area contributed by atoms with E-state index in [9.17, 15) is 0 Å². The first-order chi connectivity index (χ1) is 7.68. The quantitative estimate of drug-likeness (QED) is 0.712. The maximum Gasteiger partial charge on any atom is 0.0785 e. The topological polar surface area (TPSA) is 39.1 Å². The van der Waals surface area contributed by atoms with Crippen molar-refractivity contribution in [1.82, 2.24) is 15.1 Å². The third kappa shape index (κ3) is 6.10. The van der Waals surface area contributed by atoms with Crippen LogP contribution in [0.4, 0.5) is 0 Å². The molecule has 1 heterocycles. The zero-order valence-corrected chi connectivity index (χ0v) is 10.7. The Hall–Kier alpha value is -0.580. The van der Waals surface area contributed by atoms with Gasteiger partial charge >= 0.3 is 0 Å². The average Bonchev–Trinajstić information content (AvgIpc) is 2.62. The van der Waals surface area contributed by atoms with Crippen LogP contribution in [0, 0.1) is 0 Å². The summed E-state index contributed by atoms with van der Waals surface area (Å²) in [6.07, 6.45) is 4.84. The Morgan fingerprint density at radius 2 is 2.31 bits per heavy atom. The van der Waals surface area contributed by atoms with E-state index in [0.29, 0.717) is 11.1 Å². The highest BCUT2D eigenvalue weighted by Crippen LogP contribution is 2.03. The lowest BCUT2D eigenvalue weighted by atomic mass is 10.4. The Bertz CT molecular complexity index is 289. The summed E-state index contributed by atoms with van der Waals surface area (Å²) in [4.78, 5) is 0. The van der Waals surface area contributed by atoms with E-state index in [4.69, 9.17) is 16.3 Å². The zero-order valence-electron chi connectivity index (χ0n) is 9.95. The highest BCUT2D eigenvalue weighted by Gasteiger charge is 1.95. The fourth-order valence-electron chi connectivity index (χ4n) is 1.30. The second kappa shape index (κ2) is 7.65. The van der Waals surface area contributed by atoms with Crippen molar-refractivity contribution in [3.63, 3.8) is 0 Å². The molecule has 0 radical (unpaired) electrons. The van der Waals surface area contributed by atoms with E-state index >= 15 is 0 Å². The zero-order chi connectivity index (χ0) is 11.8. The molecule has 1 N–H and O–H groups in total. The number of aromatic nitrogens is 2. The summed E-state index contributed by atoms with van der Waals surface area (Å²) in [5.74, 6) is 0. The Morgan fingerprint density at radius 3 is 2.94 bits per heavy atom. The predicted octanol–water partition coefficient (Wildman–Crippen LogP) is 1.94. The molecule has 1 aromatic rings. The van der Waals surface area contributed by atoms with Crippen molar-refractivity contribution in [2.45, 2.75) is 32.9 Å². The van der Waals surface area contributed by atoms with Gasteiger partial charge in [0.05, 0.1) is 23.9 Å². The summed E-state index contributed by atoms with van der Waals surface area (Å²) in [6, 6.07) is 0. The van der Waals surface area contributed by atoms with Gasteiger partial charge in [-0.05, 0) is 26.8 Å². The van der Waals surface area contributed by atoms with Gasteiger partial charge < -0.3 is 10.1 Å². The van der Waals surface area contributed by atoms with E-state index in [0.717, 1.165) is 32.7 Å². The predicted molar refractivity (Wildman–Crippen MR) is 65.8 cm³/mol. The Labute approximate surface area is 102 Å². The molecule has 0 aliphatic heterocycles. The van der Waals surface area contributed by atoms with Crippen LogP contribution in [0.5, 0.6) is 0 Å². The van der Waals surface area contributed by atoms with Crippen molar-refractivity contribution in [3.8, 4) is 0 Å². The minimum atomic E-state index is 0.325. The van der Waals surface area contributed by atoms with Crippen LogP contribution in [-0.2, 0) is 11.3 Å². The third-order valence-electron chi connectivity index (χ3n) is 2.07. The molecule has 0 atom stereocenters. The molecule has 0 spiro atoms. The average molecular weight is 246 g/mol. The summed E-state index contributed by atoms with van der Waals surface area (Å²) in [7, 11) is 0. The second-order valence-corrected chi connectivity index (χ2v) is 4.38. The first-order valence-corrected chi connectivity index (χ1v) is 6.06. The molecule has 0 aliphatic carbocycles. The summed E-state index contributed by atoms with van der Waals surface area (Å²) >= 11 is 5.75. The summed E-state index contributed by atoms with van der Waals surface area (Å²) in [5.41, 5.74) is 0. The van der Waals surface area contributed by atoms with Crippen LogP contribution in [0.1, 0.15) is 20.3 Å². The fraction of sp³-hybridized carbons (Fsp3) is 0.727. The molecule has 0 saturated carbocycles. The molecule has 0 aromatic carbocycles. The monoisotopic (exact) mass is 245 g/mol. The molecule has 1 aromatic heterocycles. The molecule has 1 rings (SSSR count). The van der Waals surface area contributed by atoms with Gasteiger partial charge in [-0.15, -0.1) is 0 Å². The first kappa shape index (κ1) is 13.5. The van der Waals surface area contributed by atoms with Gasteiger partial charge in [0.25, 0.3) is 0 Å². The normalized spacial score (nSPS) is 11.2. The van der Waals surface area contributed by atoms with Crippen LogP contribution in [-0.4, -0.2) is 35.6 Å². The molecular formula is C11H20ClN3O. The van der Waals surface area contributed by atoms with Gasteiger partial charge in [-0.3, -0.25) is 4.68 Å². The van der Waals surface area contributed by atoms with Crippen molar-refractivity contribution in [2.75, 3.05) is 19.7 Å². The molecule has 0 aliphatic rings. The number of rotatable bonds is 8. The largest absolute Gasteiger partial charge is 0.379 e. The molecular weight excluding hydrogens is 226 g/mol. The van der Waals surface area contributed by atoms with Crippen LogP contribution in [0.25, 0.3) is 0 Å². The lowest BCUT2D eigenvalue weighted by Gasteiger charge is -2.08. The van der Waals surface area contributed by atoms with Gasteiger partial charge in [-0.25, -0.2) is 0 Å². The lowest BCUT2D eigenvalue weighted by Crippen LogP contribution is -2.22. The standard InChI is InChI=1S/C11H20ClN3O/c1-10(2)16-7-3-4-13-5-6-15-9-11(12)8-14-15/h8-10,13H,3-7H2,1-2H3. The van der Waals surface area contributed by atoms with Gasteiger partial charge in [0.2, 0.25) is 0 Å². The van der Waals surface area contributed by atoms with Crippen molar-refractivity contribution < 1.29 is 4.74 Å². The molecule has 0 fully saturated rings. The number of hydrogen-bond acceptors (Lipinski definition) is 3. The van der Waals surface area contributed by atoms with E-state index in [1.807, 2.05) is 10.9 Å². The van der Waals surface area contributed by atoms with Gasteiger partial charge in [0.15, 0.2) is 0 Å². The maximum atomic E-state index is 5.75. The molecule has 92 valence electrons. The minimum Gasteiger partial charge on any atom is -0.379 e. The van der Waals surface area contributed by atoms with Crippen molar-refractivity contribution in [3.05, 3.63) is 17.4 Å². The number of halogens is 1. The van der Waals surface area contributed by atoms with E-state index in [1.165, 1.54) is 0 Å². The maximum absolute atomic E-state index is 5.75. The van der Waals surface area contributed by atoms with E-state index < -0.39 is 0 Å². The lowest BCUT2D eigenvalue weighted by molar-refractivity contribution is 0.0771. The number of nitrogens with one attached hydrogen (secondary N) is 1. The highest BCUT2D eigenvalue weighted by molar-refractivity contribution is 6.30. The van der Waals surface area contributed by atoms with E-state index in [-0.39, 0.29) is 0 Å². The third-order valence-corrected chi connectivity index (χ3v) is 2.26. The van der Waals surface area contributed by atoms with Crippen LogP contribution in [0.15, 0.2) is 12.4 Å². The summed E-state index contributed by atoms with van der Waals surface area (Å²) in [6.45, 7) is 7.64. The molecule has 0 bridgehead atoms. The number of ether oxygens (including phenoxy) is 1. The fourth-order valence-corrected chi connectivity index (χ4v) is 1.45. The van der Waals surface area contributed by atoms with Crippen LogP contribution < -0.4 is 5.32 Å². The Balaban J connectivity index is 1.92.